The fourth-order valence-electron chi connectivity index (χ4n) is 1.99. The van der Waals surface area contributed by atoms with Crippen LogP contribution < -0.4 is 11.1 Å². The van der Waals surface area contributed by atoms with Crippen LogP contribution >= 0.6 is 0 Å². The summed E-state index contributed by atoms with van der Waals surface area (Å²) in [6.45, 7) is 2.97. The van der Waals surface area contributed by atoms with Crippen molar-refractivity contribution in [2.24, 2.45) is 5.92 Å². The second-order valence-electron chi connectivity index (χ2n) is 4.42. The van der Waals surface area contributed by atoms with Crippen molar-refractivity contribution in [1.82, 2.24) is 4.98 Å². The standard InChI is InChI=1S/C13H19N3/c1-10-7-8-15-13(12(10)14)16-9-11-5-3-2-4-6-11/h2-3,7-8,11H,4-6,9,14H2,1H3,(H,15,16). The second kappa shape index (κ2) is 5.01. The van der Waals surface area contributed by atoms with Crippen LogP contribution in [0.15, 0.2) is 24.4 Å². The van der Waals surface area contributed by atoms with E-state index in [0.717, 1.165) is 23.6 Å². The smallest absolute Gasteiger partial charge is 0.149 e. The van der Waals surface area contributed by atoms with Gasteiger partial charge in [-0.05, 0) is 43.7 Å². The lowest BCUT2D eigenvalue weighted by Gasteiger charge is -2.19. The Labute approximate surface area is 96.8 Å². The van der Waals surface area contributed by atoms with Crippen LogP contribution in [0, 0.1) is 12.8 Å². The minimum Gasteiger partial charge on any atom is -0.396 e. The molecule has 1 aromatic heterocycles. The van der Waals surface area contributed by atoms with Crippen molar-refractivity contribution >= 4 is 11.5 Å². The third-order valence-electron chi connectivity index (χ3n) is 3.14. The summed E-state index contributed by atoms with van der Waals surface area (Å²) in [7, 11) is 0. The lowest BCUT2D eigenvalue weighted by Crippen LogP contribution is -2.17. The van der Waals surface area contributed by atoms with Gasteiger partial charge in [0.05, 0.1) is 5.69 Å². The van der Waals surface area contributed by atoms with E-state index in [0.29, 0.717) is 5.92 Å². The Hall–Kier alpha value is -1.51. The highest BCUT2D eigenvalue weighted by molar-refractivity contribution is 5.64. The lowest BCUT2D eigenvalue weighted by atomic mass is 9.94. The van der Waals surface area contributed by atoms with Gasteiger partial charge in [-0.25, -0.2) is 4.98 Å². The van der Waals surface area contributed by atoms with Gasteiger partial charge in [-0.2, -0.15) is 0 Å². The second-order valence-corrected chi connectivity index (χ2v) is 4.42. The van der Waals surface area contributed by atoms with E-state index < -0.39 is 0 Å². The highest BCUT2D eigenvalue weighted by atomic mass is 15.0. The van der Waals surface area contributed by atoms with Crippen LogP contribution in [0.4, 0.5) is 11.5 Å². The van der Waals surface area contributed by atoms with E-state index in [1.54, 1.807) is 6.20 Å². The topological polar surface area (TPSA) is 50.9 Å². The van der Waals surface area contributed by atoms with Crippen LogP contribution in [-0.2, 0) is 0 Å². The first-order chi connectivity index (χ1) is 7.77. The molecule has 0 spiro atoms. The zero-order valence-electron chi connectivity index (χ0n) is 9.74. The number of nitrogens with zero attached hydrogens (tertiary/aromatic N) is 1. The number of aryl methyl sites for hydroxylation is 1. The molecule has 0 aliphatic heterocycles. The number of pyridine rings is 1. The Bertz CT molecular complexity index is 385. The summed E-state index contributed by atoms with van der Waals surface area (Å²) in [6.07, 6.45) is 9.95. The molecule has 1 heterocycles. The Morgan fingerprint density at radius 2 is 2.38 bits per heavy atom. The minimum absolute atomic E-state index is 0.715. The highest BCUT2D eigenvalue weighted by Gasteiger charge is 2.10. The van der Waals surface area contributed by atoms with Crippen LogP contribution in [0.1, 0.15) is 24.8 Å². The summed E-state index contributed by atoms with van der Waals surface area (Å²) in [5, 5.41) is 3.35. The van der Waals surface area contributed by atoms with Crippen LogP contribution in [-0.4, -0.2) is 11.5 Å². The maximum Gasteiger partial charge on any atom is 0.149 e. The van der Waals surface area contributed by atoms with E-state index in [4.69, 9.17) is 5.73 Å². The Morgan fingerprint density at radius 1 is 1.50 bits per heavy atom. The van der Waals surface area contributed by atoms with Crippen molar-refractivity contribution in [3.8, 4) is 0 Å². The Balaban J connectivity index is 1.94. The van der Waals surface area contributed by atoms with Gasteiger partial charge in [-0.15, -0.1) is 0 Å². The molecule has 0 bridgehead atoms. The molecule has 0 fully saturated rings. The number of nitrogens with one attached hydrogen (secondary N) is 1. The summed E-state index contributed by atoms with van der Waals surface area (Å²) in [6, 6.07) is 1.93. The van der Waals surface area contributed by atoms with Gasteiger partial charge < -0.3 is 11.1 Å². The number of hydrogen-bond donors (Lipinski definition) is 2. The van der Waals surface area contributed by atoms with Crippen molar-refractivity contribution in [3.05, 3.63) is 30.0 Å². The largest absolute Gasteiger partial charge is 0.396 e. The first kappa shape index (κ1) is 11.0. The highest BCUT2D eigenvalue weighted by Crippen LogP contribution is 2.22. The lowest BCUT2D eigenvalue weighted by molar-refractivity contribution is 0.503. The molecule has 3 heteroatoms. The molecule has 0 saturated heterocycles. The van der Waals surface area contributed by atoms with Gasteiger partial charge in [-0.1, -0.05) is 12.2 Å². The molecular formula is C13H19N3. The quantitative estimate of drug-likeness (QED) is 0.765. The van der Waals surface area contributed by atoms with Crippen LogP contribution in [0.2, 0.25) is 0 Å². The van der Waals surface area contributed by atoms with Gasteiger partial charge in [0.15, 0.2) is 0 Å². The summed E-state index contributed by atoms with van der Waals surface area (Å²) in [5.41, 5.74) is 7.82. The van der Waals surface area contributed by atoms with E-state index in [1.165, 1.54) is 19.3 Å². The number of rotatable bonds is 3. The molecule has 0 aromatic carbocycles. The van der Waals surface area contributed by atoms with E-state index in [1.807, 2.05) is 13.0 Å². The number of nitrogens with two attached hydrogens (primary N) is 1. The molecule has 1 unspecified atom stereocenters. The third kappa shape index (κ3) is 2.54. The Morgan fingerprint density at radius 3 is 3.12 bits per heavy atom. The number of allylic oxidation sites excluding steroid dienone is 2. The van der Waals surface area contributed by atoms with Gasteiger partial charge >= 0.3 is 0 Å². The SMILES string of the molecule is Cc1ccnc(NCC2CC=CCC2)c1N. The van der Waals surface area contributed by atoms with Gasteiger partial charge in [0.2, 0.25) is 0 Å². The average molecular weight is 217 g/mol. The van der Waals surface area contributed by atoms with Crippen molar-refractivity contribution in [1.29, 1.82) is 0 Å². The molecule has 1 aliphatic rings. The number of hydrogen-bond acceptors (Lipinski definition) is 3. The zero-order valence-corrected chi connectivity index (χ0v) is 9.74. The molecule has 86 valence electrons. The van der Waals surface area contributed by atoms with E-state index >= 15 is 0 Å². The molecule has 1 atom stereocenters. The van der Waals surface area contributed by atoms with Gasteiger partial charge in [-0.3, -0.25) is 0 Å². The minimum atomic E-state index is 0.715. The summed E-state index contributed by atoms with van der Waals surface area (Å²) < 4.78 is 0. The van der Waals surface area contributed by atoms with Crippen molar-refractivity contribution < 1.29 is 0 Å². The molecule has 16 heavy (non-hydrogen) atoms. The summed E-state index contributed by atoms with van der Waals surface area (Å²) in [4.78, 5) is 4.27. The average Bonchev–Trinajstić information content (AvgIpc) is 2.32. The predicted octanol–water partition coefficient (Wildman–Crippen LogP) is 2.74. The number of aromatic nitrogens is 1. The molecule has 2 rings (SSSR count). The first-order valence-electron chi connectivity index (χ1n) is 5.87. The van der Waals surface area contributed by atoms with Crippen LogP contribution in [0.3, 0.4) is 0 Å². The molecular weight excluding hydrogens is 198 g/mol. The van der Waals surface area contributed by atoms with Gasteiger partial charge in [0.1, 0.15) is 5.82 Å². The van der Waals surface area contributed by atoms with Crippen LogP contribution in [0.5, 0.6) is 0 Å². The zero-order chi connectivity index (χ0) is 11.4. The third-order valence-corrected chi connectivity index (χ3v) is 3.14. The van der Waals surface area contributed by atoms with E-state index in [9.17, 15) is 0 Å². The molecule has 1 aliphatic carbocycles. The van der Waals surface area contributed by atoms with Crippen molar-refractivity contribution in [2.75, 3.05) is 17.6 Å². The number of nitrogen functional groups attached to an aromatic ring is 1. The monoisotopic (exact) mass is 217 g/mol. The maximum absolute atomic E-state index is 5.96. The molecule has 0 saturated carbocycles. The van der Waals surface area contributed by atoms with E-state index in [2.05, 4.69) is 22.5 Å². The normalized spacial score (nSPS) is 19.7. The van der Waals surface area contributed by atoms with Crippen molar-refractivity contribution in [3.63, 3.8) is 0 Å². The number of anilines is 2. The fourth-order valence-corrected chi connectivity index (χ4v) is 1.99. The van der Waals surface area contributed by atoms with E-state index in [-0.39, 0.29) is 0 Å². The molecule has 0 radical (unpaired) electrons. The summed E-state index contributed by atoms with van der Waals surface area (Å²) in [5.74, 6) is 1.54. The molecule has 3 nitrogen and oxygen atoms in total. The van der Waals surface area contributed by atoms with Crippen LogP contribution in [0.25, 0.3) is 0 Å². The van der Waals surface area contributed by atoms with Crippen molar-refractivity contribution in [2.45, 2.75) is 26.2 Å². The maximum atomic E-state index is 5.96. The Kier molecular flexibility index (Phi) is 3.44. The molecule has 3 N–H and O–H groups in total. The molecule has 0 amide bonds. The molecule has 1 aromatic rings. The predicted molar refractivity (Wildman–Crippen MR) is 68.4 cm³/mol. The van der Waals surface area contributed by atoms with Gasteiger partial charge in [0, 0.05) is 12.7 Å². The fraction of sp³-hybridized carbons (Fsp3) is 0.462. The van der Waals surface area contributed by atoms with Gasteiger partial charge in [0.25, 0.3) is 0 Å². The first-order valence-corrected chi connectivity index (χ1v) is 5.87. The summed E-state index contributed by atoms with van der Waals surface area (Å²) >= 11 is 0.